The lowest BCUT2D eigenvalue weighted by atomic mass is 10.1. The lowest BCUT2D eigenvalue weighted by Gasteiger charge is -2.14. The van der Waals surface area contributed by atoms with E-state index in [0.717, 1.165) is 22.2 Å². The molecule has 8 nitrogen and oxygen atoms in total. The van der Waals surface area contributed by atoms with Gasteiger partial charge < -0.3 is 9.47 Å². The van der Waals surface area contributed by atoms with Crippen molar-refractivity contribution < 1.29 is 28.4 Å². The highest BCUT2D eigenvalue weighted by Crippen LogP contribution is 2.38. The highest BCUT2D eigenvalue weighted by molar-refractivity contribution is 8.18. The third-order valence-electron chi connectivity index (χ3n) is 5.20. The summed E-state index contributed by atoms with van der Waals surface area (Å²) >= 11 is 0.739. The Balaban J connectivity index is 1.60. The Morgan fingerprint density at radius 2 is 1.80 bits per heavy atom. The smallest absolute Gasteiger partial charge is 0.293 e. The third-order valence-corrected chi connectivity index (χ3v) is 6.11. The first kappa shape index (κ1) is 24.0. The zero-order valence-electron chi connectivity index (χ0n) is 18.5. The van der Waals surface area contributed by atoms with E-state index in [-0.39, 0.29) is 35.1 Å². The van der Waals surface area contributed by atoms with Crippen molar-refractivity contribution in [2.45, 2.75) is 13.2 Å². The predicted molar refractivity (Wildman–Crippen MR) is 128 cm³/mol. The number of para-hydroxylation sites is 2. The number of rotatable bonds is 8. The molecule has 178 valence electrons. The molecule has 0 bridgehead atoms. The molecule has 0 aliphatic carbocycles. The molecular weight excluding hydrogens is 475 g/mol. The van der Waals surface area contributed by atoms with Gasteiger partial charge in [-0.1, -0.05) is 42.5 Å². The molecule has 10 heteroatoms. The van der Waals surface area contributed by atoms with Crippen LogP contribution in [0.3, 0.4) is 0 Å². The number of thioether (sulfide) groups is 1. The molecule has 1 heterocycles. The number of amides is 2. The van der Waals surface area contributed by atoms with E-state index in [1.807, 2.05) is 0 Å². The van der Waals surface area contributed by atoms with Crippen LogP contribution in [-0.4, -0.2) is 28.1 Å². The van der Waals surface area contributed by atoms with Crippen molar-refractivity contribution in [3.8, 4) is 11.5 Å². The molecule has 1 fully saturated rings. The van der Waals surface area contributed by atoms with Crippen LogP contribution in [0.15, 0.2) is 71.6 Å². The first-order valence-corrected chi connectivity index (χ1v) is 11.2. The number of halogens is 1. The fraction of sp³-hybridized carbons (Fsp3) is 0.120. The van der Waals surface area contributed by atoms with Gasteiger partial charge >= 0.3 is 0 Å². The zero-order valence-corrected chi connectivity index (χ0v) is 19.3. The number of ether oxygens (including phenoxy) is 2. The number of nitrogens with zero attached hydrogens (tertiary/aromatic N) is 2. The summed E-state index contributed by atoms with van der Waals surface area (Å²) in [4.78, 5) is 37.5. The summed E-state index contributed by atoms with van der Waals surface area (Å²) in [7, 11) is 1.48. The summed E-state index contributed by atoms with van der Waals surface area (Å²) < 4.78 is 24.5. The molecule has 0 atom stereocenters. The molecule has 2 amide bonds. The van der Waals surface area contributed by atoms with Crippen LogP contribution in [0.4, 0.5) is 14.9 Å². The Hall–Kier alpha value is -4.18. The number of nitro groups is 1. The van der Waals surface area contributed by atoms with Crippen LogP contribution in [-0.2, 0) is 17.9 Å². The van der Waals surface area contributed by atoms with Crippen molar-refractivity contribution in [1.29, 1.82) is 0 Å². The predicted octanol–water partition coefficient (Wildman–Crippen LogP) is 5.56. The van der Waals surface area contributed by atoms with Crippen LogP contribution in [0.1, 0.15) is 16.7 Å². The average Bonchev–Trinajstić information content (AvgIpc) is 3.11. The molecule has 3 aromatic carbocycles. The van der Waals surface area contributed by atoms with Crippen molar-refractivity contribution in [3.63, 3.8) is 0 Å². The summed E-state index contributed by atoms with van der Waals surface area (Å²) in [6.07, 6.45) is 1.52. The van der Waals surface area contributed by atoms with E-state index in [9.17, 15) is 24.1 Å². The van der Waals surface area contributed by atoms with E-state index in [1.54, 1.807) is 36.4 Å². The molecule has 0 unspecified atom stereocenters. The third kappa shape index (κ3) is 5.33. The Kier molecular flexibility index (Phi) is 7.11. The number of methoxy groups -OCH3 is 1. The number of hydrogen-bond donors (Lipinski definition) is 0. The van der Waals surface area contributed by atoms with Crippen LogP contribution in [0.2, 0.25) is 0 Å². The van der Waals surface area contributed by atoms with Crippen molar-refractivity contribution in [2.75, 3.05) is 7.11 Å². The van der Waals surface area contributed by atoms with E-state index in [1.165, 1.54) is 43.5 Å². The van der Waals surface area contributed by atoms with E-state index < -0.39 is 16.1 Å². The topological polar surface area (TPSA) is 99.0 Å². The van der Waals surface area contributed by atoms with Gasteiger partial charge in [0.25, 0.3) is 16.8 Å². The first-order chi connectivity index (χ1) is 16.9. The summed E-state index contributed by atoms with van der Waals surface area (Å²) in [6.45, 7) is -0.0914. The fourth-order valence-corrected chi connectivity index (χ4v) is 4.30. The number of carbonyl (C=O) groups excluding carboxylic acids is 2. The van der Waals surface area contributed by atoms with Crippen LogP contribution in [0.25, 0.3) is 6.08 Å². The van der Waals surface area contributed by atoms with E-state index >= 15 is 0 Å². The normalized spacial score (nSPS) is 14.5. The molecule has 1 aliphatic heterocycles. The molecule has 4 rings (SSSR count). The molecule has 3 aromatic rings. The number of carbonyl (C=O) groups is 2. The van der Waals surface area contributed by atoms with Crippen molar-refractivity contribution >= 4 is 34.7 Å². The maximum absolute atomic E-state index is 13.2. The molecule has 0 aromatic heterocycles. The molecule has 1 aliphatic rings. The number of imide groups is 1. The standard InChI is InChI=1S/C25H19FN2O6S/c1-33-21-8-4-6-17(23(21)34-15-16-9-11-19(26)12-10-16)13-22-24(29)27(25(30)35-22)14-18-5-2-3-7-20(18)28(31)32/h2-13H,14-15H2,1H3/b22-13-. The van der Waals surface area contributed by atoms with Gasteiger partial charge in [-0.2, -0.15) is 0 Å². The summed E-state index contributed by atoms with van der Waals surface area (Å²) in [6, 6.07) is 16.9. The molecule has 0 spiro atoms. The zero-order chi connectivity index (χ0) is 24.9. The quantitative estimate of drug-likeness (QED) is 0.230. The molecule has 0 radical (unpaired) electrons. The van der Waals surface area contributed by atoms with E-state index in [4.69, 9.17) is 9.47 Å². The lowest BCUT2D eigenvalue weighted by Crippen LogP contribution is -2.27. The van der Waals surface area contributed by atoms with E-state index in [0.29, 0.717) is 17.1 Å². The van der Waals surface area contributed by atoms with Gasteiger partial charge in [-0.3, -0.25) is 24.6 Å². The Labute approximate surface area is 204 Å². The summed E-state index contributed by atoms with van der Waals surface area (Å²) in [5, 5.41) is 10.8. The highest BCUT2D eigenvalue weighted by atomic mass is 32.2. The van der Waals surface area contributed by atoms with Gasteiger partial charge in [0.05, 0.1) is 23.5 Å². The van der Waals surface area contributed by atoms with Crippen LogP contribution < -0.4 is 9.47 Å². The molecule has 0 saturated carbocycles. The molecule has 0 N–H and O–H groups in total. The molecular formula is C25H19FN2O6S. The number of hydrogen-bond acceptors (Lipinski definition) is 7. The monoisotopic (exact) mass is 494 g/mol. The second kappa shape index (κ2) is 10.4. The maximum atomic E-state index is 13.2. The van der Waals surface area contributed by atoms with Crippen LogP contribution in [0, 0.1) is 15.9 Å². The Morgan fingerprint density at radius 1 is 1.06 bits per heavy atom. The minimum atomic E-state index is -0.564. The fourth-order valence-electron chi connectivity index (χ4n) is 3.47. The first-order valence-electron chi connectivity index (χ1n) is 10.4. The second-order valence-corrected chi connectivity index (χ2v) is 8.44. The van der Waals surface area contributed by atoms with Gasteiger partial charge in [0.1, 0.15) is 12.4 Å². The minimum absolute atomic E-state index is 0.126. The largest absolute Gasteiger partial charge is 0.493 e. The van der Waals surface area contributed by atoms with Gasteiger partial charge in [0, 0.05) is 17.2 Å². The number of nitro benzene ring substituents is 1. The SMILES string of the molecule is COc1cccc(/C=C2\SC(=O)N(Cc3ccccc3[N+](=O)[O-])C2=O)c1OCc1ccc(F)cc1. The summed E-state index contributed by atoms with van der Waals surface area (Å²) in [5.74, 6) is -0.154. The van der Waals surface area contributed by atoms with Gasteiger partial charge in [0.2, 0.25) is 0 Å². The number of benzene rings is 3. The van der Waals surface area contributed by atoms with Gasteiger partial charge in [-0.05, 0) is 41.6 Å². The van der Waals surface area contributed by atoms with Crippen molar-refractivity contribution in [2.24, 2.45) is 0 Å². The highest BCUT2D eigenvalue weighted by Gasteiger charge is 2.36. The van der Waals surface area contributed by atoms with E-state index in [2.05, 4.69) is 0 Å². The lowest BCUT2D eigenvalue weighted by molar-refractivity contribution is -0.385. The van der Waals surface area contributed by atoms with Crippen molar-refractivity contribution in [1.82, 2.24) is 4.90 Å². The Bertz CT molecular complexity index is 1330. The average molecular weight is 495 g/mol. The summed E-state index contributed by atoms with van der Waals surface area (Å²) in [5.41, 5.74) is 1.32. The van der Waals surface area contributed by atoms with Crippen LogP contribution in [0.5, 0.6) is 11.5 Å². The Morgan fingerprint density at radius 3 is 2.51 bits per heavy atom. The van der Waals surface area contributed by atoms with Gasteiger partial charge in [-0.25, -0.2) is 4.39 Å². The second-order valence-electron chi connectivity index (χ2n) is 7.45. The molecule has 35 heavy (non-hydrogen) atoms. The minimum Gasteiger partial charge on any atom is -0.493 e. The van der Waals surface area contributed by atoms with Crippen LogP contribution >= 0.6 is 11.8 Å². The maximum Gasteiger partial charge on any atom is 0.293 e. The van der Waals surface area contributed by atoms with Gasteiger partial charge in [0.15, 0.2) is 11.5 Å². The molecule has 1 saturated heterocycles. The van der Waals surface area contributed by atoms with Gasteiger partial charge in [-0.15, -0.1) is 0 Å². The van der Waals surface area contributed by atoms with Crippen molar-refractivity contribution in [3.05, 3.63) is 104 Å².